The lowest BCUT2D eigenvalue weighted by Gasteiger charge is -2.34. The number of rotatable bonds is 7. The molecule has 0 fully saturated rings. The fourth-order valence-corrected chi connectivity index (χ4v) is 1.80. The number of hydrogen-bond donors (Lipinski definition) is 1. The van der Waals surface area contributed by atoms with E-state index < -0.39 is 36.9 Å². The van der Waals surface area contributed by atoms with Crippen molar-refractivity contribution in [3.8, 4) is 5.75 Å². The third-order valence-electron chi connectivity index (χ3n) is 3.36. The minimum atomic E-state index is -1.66. The number of aliphatic hydroxyl groups excluding tert-OH is 1. The van der Waals surface area contributed by atoms with E-state index in [2.05, 4.69) is 10.1 Å². The van der Waals surface area contributed by atoms with Crippen molar-refractivity contribution in [2.75, 3.05) is 13.3 Å². The van der Waals surface area contributed by atoms with Gasteiger partial charge in [0.15, 0.2) is 0 Å². The van der Waals surface area contributed by atoms with Crippen molar-refractivity contribution in [1.82, 2.24) is 14.8 Å². The van der Waals surface area contributed by atoms with Gasteiger partial charge in [-0.25, -0.2) is 14.1 Å². The molecule has 120 valence electrons. The fourth-order valence-electron chi connectivity index (χ4n) is 1.80. The van der Waals surface area contributed by atoms with Crippen molar-refractivity contribution in [1.29, 1.82) is 0 Å². The van der Waals surface area contributed by atoms with Crippen LogP contribution >= 0.6 is 0 Å². The Morgan fingerprint density at radius 1 is 1.27 bits per heavy atom. The zero-order valence-corrected chi connectivity index (χ0v) is 11.9. The normalized spacial score (nSPS) is 14.6. The molecule has 22 heavy (non-hydrogen) atoms. The zero-order valence-electron chi connectivity index (χ0n) is 11.9. The van der Waals surface area contributed by atoms with Gasteiger partial charge in [0.1, 0.15) is 30.3 Å². The lowest BCUT2D eigenvalue weighted by molar-refractivity contribution is -0.0997. The Hall–Kier alpha value is -2.09. The van der Waals surface area contributed by atoms with Crippen molar-refractivity contribution in [2.24, 2.45) is 5.41 Å². The monoisotopic (exact) mass is 315 g/mol. The molecule has 1 N–H and O–H groups in total. The molecule has 0 saturated carbocycles. The van der Waals surface area contributed by atoms with E-state index in [0.29, 0.717) is 0 Å². The number of halogens is 3. The Morgan fingerprint density at radius 3 is 2.41 bits per heavy atom. The first kappa shape index (κ1) is 16.3. The Balaban J connectivity index is 2.29. The third-order valence-corrected chi connectivity index (χ3v) is 3.36. The number of ether oxygens (including phenoxy) is 1. The van der Waals surface area contributed by atoms with E-state index in [0.717, 1.165) is 4.68 Å². The van der Waals surface area contributed by atoms with Crippen LogP contribution < -0.4 is 4.74 Å². The molecule has 0 amide bonds. The highest BCUT2D eigenvalue weighted by Crippen LogP contribution is 2.32. The number of nitrogens with zero attached hydrogens (tertiary/aromatic N) is 3. The van der Waals surface area contributed by atoms with Crippen LogP contribution in [0.15, 0.2) is 36.9 Å². The minimum Gasteiger partial charge on any atom is -0.466 e. The molecule has 0 radical (unpaired) electrons. The molecule has 2 aromatic rings. The van der Waals surface area contributed by atoms with E-state index in [-0.39, 0.29) is 5.75 Å². The van der Waals surface area contributed by atoms with Gasteiger partial charge < -0.3 is 9.84 Å². The molecule has 8 heteroatoms. The van der Waals surface area contributed by atoms with Crippen LogP contribution in [0.25, 0.3) is 0 Å². The Kier molecular flexibility index (Phi) is 5.02. The van der Waals surface area contributed by atoms with Gasteiger partial charge in [0.25, 0.3) is 0 Å². The summed E-state index contributed by atoms with van der Waals surface area (Å²) >= 11 is 0. The molecule has 0 aliphatic carbocycles. The van der Waals surface area contributed by atoms with E-state index >= 15 is 0 Å². The molecule has 0 saturated heterocycles. The van der Waals surface area contributed by atoms with E-state index in [1.54, 1.807) is 0 Å². The highest BCUT2D eigenvalue weighted by molar-refractivity contribution is 5.22. The van der Waals surface area contributed by atoms with Gasteiger partial charge >= 0.3 is 0 Å². The summed E-state index contributed by atoms with van der Waals surface area (Å²) in [6, 6.07) is 5.02. The first-order chi connectivity index (χ1) is 10.5. The van der Waals surface area contributed by atoms with Crippen molar-refractivity contribution in [3.63, 3.8) is 0 Å². The average Bonchev–Trinajstić information content (AvgIpc) is 3.07. The van der Waals surface area contributed by atoms with Crippen LogP contribution in [0.4, 0.5) is 13.2 Å². The maximum Gasteiger partial charge on any atom is 0.219 e. The van der Waals surface area contributed by atoms with Crippen LogP contribution in [0.1, 0.15) is 13.2 Å². The first-order valence-corrected chi connectivity index (χ1v) is 6.56. The number of alkyl halides is 2. The summed E-state index contributed by atoms with van der Waals surface area (Å²) in [5, 5.41) is 14.2. The highest BCUT2D eigenvalue weighted by Gasteiger charge is 2.41. The summed E-state index contributed by atoms with van der Waals surface area (Å²) in [6.07, 6.45) is -0.275. The highest BCUT2D eigenvalue weighted by atomic mass is 19.1. The van der Waals surface area contributed by atoms with Gasteiger partial charge in [0.05, 0.1) is 18.8 Å². The van der Waals surface area contributed by atoms with Crippen LogP contribution in [0.2, 0.25) is 0 Å². The predicted molar refractivity (Wildman–Crippen MR) is 72.2 cm³/mol. The summed E-state index contributed by atoms with van der Waals surface area (Å²) in [7, 11) is 0. The van der Waals surface area contributed by atoms with Gasteiger partial charge in [-0.05, 0) is 24.3 Å². The molecule has 1 heterocycles. The summed E-state index contributed by atoms with van der Waals surface area (Å²) in [4.78, 5) is 3.73. The second-order valence-electron chi connectivity index (χ2n) is 5.20. The van der Waals surface area contributed by atoms with Crippen LogP contribution in [0.5, 0.6) is 5.75 Å². The standard InChI is InChI=1S/C14H16F3N3O2/c1-14(6-15,7-16)12(21)13(20-9-18-8-19-20)22-11-4-2-10(17)3-5-11/h2-5,8-9,12-13,21H,6-7H2,1H3. The lowest BCUT2D eigenvalue weighted by Crippen LogP contribution is -2.45. The molecule has 1 aromatic heterocycles. The van der Waals surface area contributed by atoms with Gasteiger partial charge in [-0.3, -0.25) is 8.78 Å². The number of benzene rings is 1. The summed E-state index contributed by atoms with van der Waals surface area (Å²) in [6.45, 7) is -0.902. The van der Waals surface area contributed by atoms with Gasteiger partial charge in [-0.2, -0.15) is 5.10 Å². The predicted octanol–water partition coefficient (Wildman–Crippen LogP) is 2.30. The first-order valence-electron chi connectivity index (χ1n) is 6.56. The maximum absolute atomic E-state index is 13.1. The summed E-state index contributed by atoms with van der Waals surface area (Å²) in [5.74, 6) is -0.233. The van der Waals surface area contributed by atoms with Crippen molar-refractivity contribution >= 4 is 0 Å². The molecule has 0 bridgehead atoms. The Bertz CT molecular complexity index is 574. The molecule has 1 aromatic carbocycles. The van der Waals surface area contributed by atoms with Crippen LogP contribution in [0, 0.1) is 11.2 Å². The lowest BCUT2D eigenvalue weighted by atomic mass is 9.86. The summed E-state index contributed by atoms with van der Waals surface area (Å²) in [5.41, 5.74) is -1.66. The van der Waals surface area contributed by atoms with Gasteiger partial charge in [-0.1, -0.05) is 6.92 Å². The van der Waals surface area contributed by atoms with Gasteiger partial charge in [0.2, 0.25) is 6.23 Å². The number of aromatic nitrogens is 3. The quantitative estimate of drug-likeness (QED) is 0.852. The number of hydrogen-bond acceptors (Lipinski definition) is 4. The summed E-state index contributed by atoms with van der Waals surface area (Å²) < 4.78 is 45.9. The molecule has 2 rings (SSSR count). The Labute approximate surface area is 125 Å². The van der Waals surface area contributed by atoms with E-state index in [1.807, 2.05) is 0 Å². The van der Waals surface area contributed by atoms with Crippen molar-refractivity contribution in [3.05, 3.63) is 42.7 Å². The Morgan fingerprint density at radius 2 is 1.91 bits per heavy atom. The van der Waals surface area contributed by atoms with Crippen LogP contribution in [0.3, 0.4) is 0 Å². The molecule has 0 spiro atoms. The van der Waals surface area contributed by atoms with Gasteiger partial charge in [-0.15, -0.1) is 0 Å². The molecular weight excluding hydrogens is 299 g/mol. The van der Waals surface area contributed by atoms with Crippen LogP contribution in [-0.2, 0) is 0 Å². The SMILES string of the molecule is CC(CF)(CF)C(O)C(Oc1ccc(F)cc1)n1cncn1. The molecule has 5 nitrogen and oxygen atoms in total. The topological polar surface area (TPSA) is 60.2 Å². The molecule has 2 atom stereocenters. The van der Waals surface area contributed by atoms with E-state index in [9.17, 15) is 18.3 Å². The van der Waals surface area contributed by atoms with Crippen molar-refractivity contribution < 1.29 is 23.0 Å². The molecule has 0 aliphatic heterocycles. The second kappa shape index (κ2) is 6.78. The van der Waals surface area contributed by atoms with Crippen molar-refractivity contribution in [2.45, 2.75) is 19.3 Å². The largest absolute Gasteiger partial charge is 0.466 e. The van der Waals surface area contributed by atoms with Crippen LogP contribution in [-0.4, -0.2) is 39.3 Å². The smallest absolute Gasteiger partial charge is 0.219 e. The fraction of sp³-hybridized carbons (Fsp3) is 0.429. The molecular formula is C14H16F3N3O2. The minimum absolute atomic E-state index is 0.223. The average molecular weight is 315 g/mol. The second-order valence-corrected chi connectivity index (χ2v) is 5.20. The maximum atomic E-state index is 13.1. The zero-order chi connectivity index (χ0) is 16.2. The third kappa shape index (κ3) is 3.38. The van der Waals surface area contributed by atoms with E-state index in [4.69, 9.17) is 4.74 Å². The number of aliphatic hydroxyl groups is 1. The molecule has 0 aliphatic rings. The van der Waals surface area contributed by atoms with Gasteiger partial charge in [0, 0.05) is 0 Å². The van der Waals surface area contributed by atoms with E-state index in [1.165, 1.54) is 43.8 Å². The molecule has 2 unspecified atom stereocenters.